The van der Waals surface area contributed by atoms with Crippen molar-refractivity contribution in [2.75, 3.05) is 0 Å². The summed E-state index contributed by atoms with van der Waals surface area (Å²) in [7, 11) is 0. The van der Waals surface area contributed by atoms with Gasteiger partial charge in [-0.15, -0.1) is 10.2 Å². The number of aromatic nitrogens is 7. The van der Waals surface area contributed by atoms with Crippen molar-refractivity contribution in [2.24, 2.45) is 5.92 Å². The van der Waals surface area contributed by atoms with Gasteiger partial charge in [0.1, 0.15) is 5.15 Å². The molecule has 1 N–H and O–H groups in total. The summed E-state index contributed by atoms with van der Waals surface area (Å²) < 4.78 is 3.50. The van der Waals surface area contributed by atoms with Crippen LogP contribution >= 0.6 is 11.6 Å². The molecule has 0 bridgehead atoms. The highest BCUT2D eigenvalue weighted by atomic mass is 35.5. The predicted molar refractivity (Wildman–Crippen MR) is 134 cm³/mol. The third kappa shape index (κ3) is 5.28. The maximum absolute atomic E-state index is 13.3. The number of benzene rings is 1. The predicted octanol–water partition coefficient (Wildman–Crippen LogP) is 4.98. The first-order valence-corrected chi connectivity index (χ1v) is 12.1. The van der Waals surface area contributed by atoms with Crippen molar-refractivity contribution in [3.05, 3.63) is 69.6 Å². The van der Waals surface area contributed by atoms with Crippen LogP contribution in [0.25, 0.3) is 22.5 Å². The molecule has 0 aliphatic carbocycles. The maximum atomic E-state index is 13.3. The minimum atomic E-state index is -0.0666. The third-order valence-electron chi connectivity index (χ3n) is 5.90. The van der Waals surface area contributed by atoms with Gasteiger partial charge in [-0.1, -0.05) is 57.0 Å². The fraction of sp³-hybridized carbons (Fsp3) is 0.400. The van der Waals surface area contributed by atoms with E-state index in [-0.39, 0.29) is 5.69 Å². The van der Waals surface area contributed by atoms with Gasteiger partial charge in [0.2, 0.25) is 5.82 Å². The zero-order chi connectivity index (χ0) is 24.1. The number of H-pyrrole nitrogens is 1. The molecule has 34 heavy (non-hydrogen) atoms. The number of unbranched alkanes of at least 4 members (excludes halogenated alkanes) is 1. The van der Waals surface area contributed by atoms with Crippen molar-refractivity contribution in [2.45, 2.75) is 59.5 Å². The third-order valence-corrected chi connectivity index (χ3v) is 6.32. The molecule has 0 saturated carbocycles. The van der Waals surface area contributed by atoms with Crippen LogP contribution in [0.4, 0.5) is 0 Å². The number of halogens is 1. The van der Waals surface area contributed by atoms with Crippen molar-refractivity contribution >= 4 is 11.6 Å². The topological polar surface area (TPSA) is 94.3 Å². The van der Waals surface area contributed by atoms with Gasteiger partial charge in [-0.25, -0.2) is 4.79 Å². The fourth-order valence-corrected chi connectivity index (χ4v) is 4.32. The van der Waals surface area contributed by atoms with Crippen LogP contribution in [0.1, 0.15) is 51.4 Å². The van der Waals surface area contributed by atoms with Gasteiger partial charge >= 0.3 is 5.69 Å². The van der Waals surface area contributed by atoms with E-state index < -0.39 is 0 Å². The highest BCUT2D eigenvalue weighted by Gasteiger charge is 2.19. The van der Waals surface area contributed by atoms with E-state index in [9.17, 15) is 4.79 Å². The van der Waals surface area contributed by atoms with Gasteiger partial charge in [-0.2, -0.15) is 5.21 Å². The normalized spacial score (nSPS) is 11.4. The number of imidazole rings is 1. The molecule has 0 aliphatic heterocycles. The average molecular weight is 480 g/mol. The summed E-state index contributed by atoms with van der Waals surface area (Å²) in [6.07, 6.45) is 5.46. The van der Waals surface area contributed by atoms with Crippen LogP contribution in [0.2, 0.25) is 5.15 Å². The van der Waals surface area contributed by atoms with Crippen molar-refractivity contribution in [1.29, 1.82) is 0 Å². The van der Waals surface area contributed by atoms with E-state index in [1.807, 2.05) is 36.4 Å². The molecule has 1 aromatic carbocycles. The molecule has 9 heteroatoms. The molecule has 4 aromatic rings. The lowest BCUT2D eigenvalue weighted by Crippen LogP contribution is -2.26. The standard InChI is InChI=1S/C25H30ClN7O/c1-4-5-9-22-23(26)32(13-11-17(2)3)25(34)33(22)16-21-15-19(10-12-27-21)18-7-6-8-20(14-18)24-28-30-31-29-24/h6-8,10,12,14-15,17H,4-5,9,11,13,16H2,1-3H3,(H,28,29,30,31). The maximum Gasteiger partial charge on any atom is 0.329 e. The molecule has 0 atom stereocenters. The van der Waals surface area contributed by atoms with Gasteiger partial charge in [0.25, 0.3) is 0 Å². The molecule has 0 fully saturated rings. The van der Waals surface area contributed by atoms with E-state index in [0.29, 0.717) is 30.0 Å². The Kier molecular flexibility index (Phi) is 7.57. The molecule has 0 radical (unpaired) electrons. The number of nitrogens with one attached hydrogen (secondary N) is 1. The molecular formula is C25H30ClN7O. The smallest absolute Gasteiger partial charge is 0.289 e. The number of hydrogen-bond acceptors (Lipinski definition) is 5. The minimum absolute atomic E-state index is 0.0666. The summed E-state index contributed by atoms with van der Waals surface area (Å²) in [4.78, 5) is 17.9. The summed E-state index contributed by atoms with van der Waals surface area (Å²) >= 11 is 6.72. The Hall–Kier alpha value is -3.26. The molecule has 8 nitrogen and oxygen atoms in total. The molecular weight excluding hydrogens is 450 g/mol. The van der Waals surface area contributed by atoms with Gasteiger partial charge in [-0.05, 0) is 59.7 Å². The zero-order valence-corrected chi connectivity index (χ0v) is 20.6. The van der Waals surface area contributed by atoms with E-state index in [0.717, 1.165) is 53.8 Å². The summed E-state index contributed by atoms with van der Waals surface area (Å²) in [6, 6.07) is 11.9. The first kappa shape index (κ1) is 23.9. The Labute approximate surface area is 204 Å². The monoisotopic (exact) mass is 479 g/mol. The van der Waals surface area contributed by atoms with Crippen LogP contribution in [0, 0.1) is 5.92 Å². The Balaban J connectivity index is 1.66. The largest absolute Gasteiger partial charge is 0.329 e. The lowest BCUT2D eigenvalue weighted by atomic mass is 10.0. The van der Waals surface area contributed by atoms with E-state index >= 15 is 0 Å². The van der Waals surface area contributed by atoms with Gasteiger partial charge in [-0.3, -0.25) is 14.1 Å². The number of hydrogen-bond donors (Lipinski definition) is 1. The molecule has 0 aliphatic rings. The number of pyridine rings is 1. The summed E-state index contributed by atoms with van der Waals surface area (Å²) in [6.45, 7) is 7.44. The first-order chi connectivity index (χ1) is 16.5. The quantitative estimate of drug-likeness (QED) is 0.346. The number of nitrogens with zero attached hydrogens (tertiary/aromatic N) is 6. The molecule has 4 rings (SSSR count). The SMILES string of the molecule is CCCCc1c(Cl)n(CCC(C)C)c(=O)n1Cc1cc(-c2cccc(-c3nn[nH]n3)c2)ccn1. The Morgan fingerprint density at radius 1 is 1.09 bits per heavy atom. The molecule has 178 valence electrons. The molecule has 0 spiro atoms. The van der Waals surface area contributed by atoms with E-state index in [4.69, 9.17) is 11.6 Å². The van der Waals surface area contributed by atoms with Crippen molar-refractivity contribution in [3.8, 4) is 22.5 Å². The van der Waals surface area contributed by atoms with Crippen LogP contribution in [-0.4, -0.2) is 34.7 Å². The summed E-state index contributed by atoms with van der Waals surface area (Å²) in [5.41, 5.74) is 4.52. The van der Waals surface area contributed by atoms with Gasteiger partial charge in [0, 0.05) is 18.3 Å². The van der Waals surface area contributed by atoms with Crippen LogP contribution in [0.3, 0.4) is 0 Å². The lowest BCUT2D eigenvalue weighted by molar-refractivity contribution is 0.502. The molecule has 0 saturated heterocycles. The van der Waals surface area contributed by atoms with Crippen molar-refractivity contribution in [3.63, 3.8) is 0 Å². The van der Waals surface area contributed by atoms with Crippen LogP contribution in [-0.2, 0) is 19.5 Å². The Morgan fingerprint density at radius 3 is 2.62 bits per heavy atom. The van der Waals surface area contributed by atoms with Gasteiger partial charge < -0.3 is 0 Å². The minimum Gasteiger partial charge on any atom is -0.289 e. The van der Waals surface area contributed by atoms with E-state index in [1.165, 1.54) is 0 Å². The number of tetrazole rings is 1. The summed E-state index contributed by atoms with van der Waals surface area (Å²) in [5.74, 6) is 1.03. The van der Waals surface area contributed by atoms with E-state index in [1.54, 1.807) is 15.3 Å². The second kappa shape index (κ2) is 10.8. The second-order valence-electron chi connectivity index (χ2n) is 8.90. The molecule has 3 heterocycles. The van der Waals surface area contributed by atoms with Crippen molar-refractivity contribution in [1.82, 2.24) is 34.7 Å². The van der Waals surface area contributed by atoms with Gasteiger partial charge in [0.05, 0.1) is 17.9 Å². The van der Waals surface area contributed by atoms with Crippen molar-refractivity contribution < 1.29 is 0 Å². The molecule has 3 aromatic heterocycles. The van der Waals surface area contributed by atoms with Crippen LogP contribution < -0.4 is 5.69 Å². The fourth-order valence-electron chi connectivity index (χ4n) is 3.97. The van der Waals surface area contributed by atoms with Crippen LogP contribution in [0.15, 0.2) is 47.4 Å². The second-order valence-corrected chi connectivity index (χ2v) is 9.25. The average Bonchev–Trinajstić information content (AvgIpc) is 3.45. The molecule has 0 amide bonds. The number of rotatable bonds is 10. The highest BCUT2D eigenvalue weighted by Crippen LogP contribution is 2.25. The van der Waals surface area contributed by atoms with E-state index in [2.05, 4.69) is 46.4 Å². The number of aromatic amines is 1. The Morgan fingerprint density at radius 2 is 1.88 bits per heavy atom. The molecule has 0 unspecified atom stereocenters. The highest BCUT2D eigenvalue weighted by molar-refractivity contribution is 6.30. The summed E-state index contributed by atoms with van der Waals surface area (Å²) in [5, 5.41) is 14.8. The Bertz CT molecular complexity index is 1290. The van der Waals surface area contributed by atoms with Gasteiger partial charge in [0.15, 0.2) is 0 Å². The van der Waals surface area contributed by atoms with Crippen LogP contribution in [0.5, 0.6) is 0 Å². The lowest BCUT2D eigenvalue weighted by Gasteiger charge is -2.09. The zero-order valence-electron chi connectivity index (χ0n) is 19.8. The first-order valence-electron chi connectivity index (χ1n) is 11.7.